The van der Waals surface area contributed by atoms with E-state index in [1.54, 1.807) is 0 Å². The van der Waals surface area contributed by atoms with Crippen molar-refractivity contribution in [2.45, 2.75) is 38.7 Å². The van der Waals surface area contributed by atoms with Crippen molar-refractivity contribution in [3.63, 3.8) is 0 Å². The SMILES string of the molecule is Cc1c(N)cccc1NC(=O)CCOCC1CCCCO1. The second kappa shape index (κ2) is 8.00. The van der Waals surface area contributed by atoms with Crippen LogP contribution in [-0.2, 0) is 14.3 Å². The van der Waals surface area contributed by atoms with Crippen molar-refractivity contribution in [2.24, 2.45) is 0 Å². The molecular formula is C16H24N2O3. The highest BCUT2D eigenvalue weighted by atomic mass is 16.5. The van der Waals surface area contributed by atoms with Crippen LogP contribution in [0.5, 0.6) is 0 Å². The Morgan fingerprint density at radius 2 is 2.33 bits per heavy atom. The first-order valence-corrected chi connectivity index (χ1v) is 7.51. The number of rotatable bonds is 6. The van der Waals surface area contributed by atoms with E-state index in [-0.39, 0.29) is 12.0 Å². The van der Waals surface area contributed by atoms with Crippen molar-refractivity contribution < 1.29 is 14.3 Å². The molecule has 1 aromatic carbocycles. The van der Waals surface area contributed by atoms with E-state index in [9.17, 15) is 4.79 Å². The summed E-state index contributed by atoms with van der Waals surface area (Å²) in [4.78, 5) is 11.9. The minimum atomic E-state index is -0.0618. The fourth-order valence-electron chi connectivity index (χ4n) is 2.32. The highest BCUT2D eigenvalue weighted by molar-refractivity contribution is 5.92. The molecule has 1 amide bonds. The lowest BCUT2D eigenvalue weighted by molar-refractivity contribution is -0.117. The van der Waals surface area contributed by atoms with Crippen LogP contribution in [0.1, 0.15) is 31.2 Å². The topological polar surface area (TPSA) is 73.6 Å². The maximum absolute atomic E-state index is 11.9. The van der Waals surface area contributed by atoms with Crippen LogP contribution in [0.15, 0.2) is 18.2 Å². The van der Waals surface area contributed by atoms with Gasteiger partial charge in [-0.3, -0.25) is 4.79 Å². The van der Waals surface area contributed by atoms with Gasteiger partial charge in [0.1, 0.15) is 0 Å². The van der Waals surface area contributed by atoms with Gasteiger partial charge in [-0.2, -0.15) is 0 Å². The summed E-state index contributed by atoms with van der Waals surface area (Å²) < 4.78 is 11.1. The average molecular weight is 292 g/mol. The zero-order valence-corrected chi connectivity index (χ0v) is 12.6. The molecule has 2 rings (SSSR count). The minimum absolute atomic E-state index is 0.0618. The zero-order chi connectivity index (χ0) is 15.1. The number of carbonyl (C=O) groups is 1. The standard InChI is InChI=1S/C16H24N2O3/c1-12-14(17)6-4-7-15(12)18-16(19)8-10-20-11-13-5-2-3-9-21-13/h4,6-7,13H,2-3,5,8-11,17H2,1H3,(H,18,19). The molecule has 3 N–H and O–H groups in total. The molecule has 1 heterocycles. The molecule has 1 saturated heterocycles. The van der Waals surface area contributed by atoms with Gasteiger partial charge in [-0.1, -0.05) is 6.07 Å². The summed E-state index contributed by atoms with van der Waals surface area (Å²) in [5, 5.41) is 2.86. The molecule has 5 heteroatoms. The molecule has 1 aliphatic heterocycles. The molecule has 0 radical (unpaired) electrons. The van der Waals surface area contributed by atoms with Crippen molar-refractivity contribution in [3.8, 4) is 0 Å². The molecule has 1 unspecified atom stereocenters. The lowest BCUT2D eigenvalue weighted by Gasteiger charge is -2.22. The molecule has 5 nitrogen and oxygen atoms in total. The Labute approximate surface area is 125 Å². The Hall–Kier alpha value is -1.59. The van der Waals surface area contributed by atoms with E-state index < -0.39 is 0 Å². The van der Waals surface area contributed by atoms with Gasteiger partial charge < -0.3 is 20.5 Å². The van der Waals surface area contributed by atoms with Crippen molar-refractivity contribution in [1.82, 2.24) is 0 Å². The molecular weight excluding hydrogens is 268 g/mol. The van der Waals surface area contributed by atoms with Gasteiger partial charge in [-0.05, 0) is 43.9 Å². The van der Waals surface area contributed by atoms with Crippen LogP contribution >= 0.6 is 0 Å². The Kier molecular flexibility index (Phi) is 6.02. The molecule has 0 spiro atoms. The van der Waals surface area contributed by atoms with E-state index in [2.05, 4.69) is 5.32 Å². The first kappa shape index (κ1) is 15.8. The molecule has 0 aromatic heterocycles. The first-order valence-electron chi connectivity index (χ1n) is 7.51. The Morgan fingerprint density at radius 1 is 1.48 bits per heavy atom. The molecule has 1 atom stereocenters. The fourth-order valence-corrected chi connectivity index (χ4v) is 2.32. The number of nitrogens with two attached hydrogens (primary N) is 1. The van der Waals surface area contributed by atoms with Crippen LogP contribution in [-0.4, -0.2) is 31.8 Å². The second-order valence-corrected chi connectivity index (χ2v) is 5.38. The van der Waals surface area contributed by atoms with Crippen molar-refractivity contribution in [1.29, 1.82) is 0 Å². The van der Waals surface area contributed by atoms with Crippen LogP contribution in [0.4, 0.5) is 11.4 Å². The predicted octanol–water partition coefficient (Wildman–Crippen LogP) is 2.49. The number of carbonyl (C=O) groups excluding carboxylic acids is 1. The van der Waals surface area contributed by atoms with Crippen LogP contribution in [0.2, 0.25) is 0 Å². The number of amides is 1. The third kappa shape index (κ3) is 5.02. The van der Waals surface area contributed by atoms with E-state index in [4.69, 9.17) is 15.2 Å². The number of benzene rings is 1. The summed E-state index contributed by atoms with van der Waals surface area (Å²) in [5.74, 6) is -0.0618. The van der Waals surface area contributed by atoms with Gasteiger partial charge in [-0.15, -0.1) is 0 Å². The molecule has 1 fully saturated rings. The summed E-state index contributed by atoms with van der Waals surface area (Å²) in [6, 6.07) is 5.49. The third-order valence-electron chi connectivity index (χ3n) is 3.70. The van der Waals surface area contributed by atoms with Crippen molar-refractivity contribution in [2.75, 3.05) is 30.9 Å². The quantitative estimate of drug-likeness (QED) is 0.624. The third-order valence-corrected chi connectivity index (χ3v) is 3.70. The largest absolute Gasteiger partial charge is 0.398 e. The van der Waals surface area contributed by atoms with Crippen molar-refractivity contribution in [3.05, 3.63) is 23.8 Å². The minimum Gasteiger partial charge on any atom is -0.398 e. The van der Waals surface area contributed by atoms with Gasteiger partial charge in [0, 0.05) is 18.0 Å². The van der Waals surface area contributed by atoms with E-state index in [0.717, 1.165) is 30.7 Å². The number of hydrogen-bond acceptors (Lipinski definition) is 4. The molecule has 21 heavy (non-hydrogen) atoms. The van der Waals surface area contributed by atoms with E-state index in [1.165, 1.54) is 6.42 Å². The van der Waals surface area contributed by atoms with Crippen LogP contribution < -0.4 is 11.1 Å². The van der Waals surface area contributed by atoms with Gasteiger partial charge in [0.05, 0.1) is 25.7 Å². The van der Waals surface area contributed by atoms with E-state index in [0.29, 0.717) is 25.3 Å². The normalized spacial score (nSPS) is 18.4. The maximum atomic E-state index is 11.9. The summed E-state index contributed by atoms with van der Waals surface area (Å²) >= 11 is 0. The molecule has 1 aliphatic rings. The van der Waals surface area contributed by atoms with Crippen LogP contribution in [0, 0.1) is 6.92 Å². The first-order chi connectivity index (χ1) is 10.2. The van der Waals surface area contributed by atoms with Crippen LogP contribution in [0.3, 0.4) is 0 Å². The maximum Gasteiger partial charge on any atom is 0.226 e. The molecule has 0 bridgehead atoms. The van der Waals surface area contributed by atoms with E-state index in [1.807, 2.05) is 25.1 Å². The van der Waals surface area contributed by atoms with Crippen molar-refractivity contribution >= 4 is 17.3 Å². The van der Waals surface area contributed by atoms with Gasteiger partial charge in [0.15, 0.2) is 0 Å². The zero-order valence-electron chi connectivity index (χ0n) is 12.6. The number of hydrogen-bond donors (Lipinski definition) is 2. The number of nitrogens with one attached hydrogen (secondary N) is 1. The monoisotopic (exact) mass is 292 g/mol. The fraction of sp³-hybridized carbons (Fsp3) is 0.562. The number of nitrogen functional groups attached to an aromatic ring is 1. The van der Waals surface area contributed by atoms with Gasteiger partial charge in [0.2, 0.25) is 5.91 Å². The summed E-state index contributed by atoms with van der Waals surface area (Å²) in [7, 11) is 0. The highest BCUT2D eigenvalue weighted by Crippen LogP contribution is 2.20. The molecule has 0 aliphatic carbocycles. The van der Waals surface area contributed by atoms with Gasteiger partial charge in [-0.25, -0.2) is 0 Å². The summed E-state index contributed by atoms with van der Waals surface area (Å²) in [5.41, 5.74) is 8.14. The number of ether oxygens (including phenoxy) is 2. The van der Waals surface area contributed by atoms with E-state index >= 15 is 0 Å². The lowest BCUT2D eigenvalue weighted by atomic mass is 10.1. The second-order valence-electron chi connectivity index (χ2n) is 5.38. The smallest absolute Gasteiger partial charge is 0.226 e. The Bertz CT molecular complexity index is 471. The summed E-state index contributed by atoms with van der Waals surface area (Å²) in [6.45, 7) is 3.70. The Balaban J connectivity index is 1.66. The lowest BCUT2D eigenvalue weighted by Crippen LogP contribution is -2.25. The molecule has 1 aromatic rings. The highest BCUT2D eigenvalue weighted by Gasteiger charge is 2.14. The molecule has 116 valence electrons. The summed E-state index contributed by atoms with van der Waals surface area (Å²) in [6.07, 6.45) is 3.91. The molecule has 0 saturated carbocycles. The number of anilines is 2. The van der Waals surface area contributed by atoms with Gasteiger partial charge >= 0.3 is 0 Å². The van der Waals surface area contributed by atoms with Crippen LogP contribution in [0.25, 0.3) is 0 Å². The predicted molar refractivity (Wildman–Crippen MR) is 83.2 cm³/mol. The van der Waals surface area contributed by atoms with Gasteiger partial charge in [0.25, 0.3) is 0 Å². The Morgan fingerprint density at radius 3 is 3.10 bits per heavy atom. The average Bonchev–Trinajstić information content (AvgIpc) is 2.49.